The van der Waals surface area contributed by atoms with Crippen molar-refractivity contribution in [3.63, 3.8) is 0 Å². The summed E-state index contributed by atoms with van der Waals surface area (Å²) in [4.78, 5) is 26.6. The van der Waals surface area contributed by atoms with Crippen LogP contribution in [0.3, 0.4) is 0 Å². The van der Waals surface area contributed by atoms with E-state index in [1.54, 1.807) is 0 Å². The van der Waals surface area contributed by atoms with Gasteiger partial charge in [0.2, 0.25) is 11.8 Å². The Labute approximate surface area is 203 Å². The van der Waals surface area contributed by atoms with Crippen LogP contribution in [0.5, 0.6) is 0 Å². The zero-order chi connectivity index (χ0) is 23.6. The van der Waals surface area contributed by atoms with Crippen LogP contribution in [0.2, 0.25) is 0 Å². The lowest BCUT2D eigenvalue weighted by atomic mass is 9.90. The maximum atomic E-state index is 13.5. The molecule has 2 amide bonds. The Morgan fingerprint density at radius 2 is 1.33 bits per heavy atom. The van der Waals surface area contributed by atoms with Crippen molar-refractivity contribution >= 4 is 27.7 Å². The molecule has 6 heteroatoms. The van der Waals surface area contributed by atoms with Crippen LogP contribution >= 0.6 is 15.9 Å². The predicted molar refractivity (Wildman–Crippen MR) is 136 cm³/mol. The van der Waals surface area contributed by atoms with Crippen LogP contribution in [0.15, 0.2) is 89.4 Å². The van der Waals surface area contributed by atoms with Crippen molar-refractivity contribution in [3.05, 3.63) is 106 Å². The van der Waals surface area contributed by atoms with E-state index in [9.17, 15) is 9.59 Å². The Hall–Kier alpha value is -2.96. The van der Waals surface area contributed by atoms with E-state index in [4.69, 9.17) is 5.73 Å². The summed E-state index contributed by atoms with van der Waals surface area (Å²) in [6.07, 6.45) is 1.10. The average molecular weight is 508 g/mol. The van der Waals surface area contributed by atoms with E-state index in [-0.39, 0.29) is 17.9 Å². The summed E-state index contributed by atoms with van der Waals surface area (Å²) in [6.45, 7) is 2.38. The molecule has 172 valence electrons. The summed E-state index contributed by atoms with van der Waals surface area (Å²) in [6, 6.07) is 26.2. The minimum Gasteiger partial charge on any atom is -0.348 e. The molecule has 0 radical (unpaired) electrons. The molecule has 0 fully saturated rings. The number of rotatable bonds is 10. The Balaban J connectivity index is 1.79. The molecule has 3 aromatic rings. The summed E-state index contributed by atoms with van der Waals surface area (Å²) >= 11 is 3.43. The fourth-order valence-corrected chi connectivity index (χ4v) is 4.05. The fourth-order valence-electron chi connectivity index (χ4n) is 3.78. The van der Waals surface area contributed by atoms with Crippen LogP contribution in [0.1, 0.15) is 48.4 Å². The largest absolute Gasteiger partial charge is 0.348 e. The highest BCUT2D eigenvalue weighted by atomic mass is 79.9. The van der Waals surface area contributed by atoms with Gasteiger partial charge in [-0.15, -0.1) is 0 Å². The van der Waals surface area contributed by atoms with Gasteiger partial charge in [0, 0.05) is 4.47 Å². The molecule has 4 N–H and O–H groups in total. The van der Waals surface area contributed by atoms with Gasteiger partial charge < -0.3 is 16.4 Å². The van der Waals surface area contributed by atoms with Crippen LogP contribution in [-0.4, -0.2) is 24.4 Å². The quantitative estimate of drug-likeness (QED) is 0.372. The van der Waals surface area contributed by atoms with E-state index in [0.717, 1.165) is 21.2 Å². The maximum Gasteiger partial charge on any atom is 0.243 e. The van der Waals surface area contributed by atoms with E-state index in [2.05, 4.69) is 26.6 Å². The molecular formula is C27H30BrN3O2. The van der Waals surface area contributed by atoms with E-state index < -0.39 is 12.0 Å². The van der Waals surface area contributed by atoms with E-state index in [1.807, 2.05) is 91.9 Å². The molecule has 2 atom stereocenters. The van der Waals surface area contributed by atoms with Crippen molar-refractivity contribution in [1.82, 2.24) is 10.6 Å². The SMILES string of the molecule is C[C@@H](NC(=O)[C@@H](CCCN)NC(=O)C(c1ccccc1)c1ccccc1)c1ccc(Br)cc1. The summed E-state index contributed by atoms with van der Waals surface area (Å²) < 4.78 is 0.978. The molecule has 0 spiro atoms. The second-order valence-electron chi connectivity index (χ2n) is 8.03. The maximum absolute atomic E-state index is 13.5. The fraction of sp³-hybridized carbons (Fsp3) is 0.259. The van der Waals surface area contributed by atoms with Gasteiger partial charge in [0.25, 0.3) is 0 Å². The van der Waals surface area contributed by atoms with Gasteiger partial charge in [0.1, 0.15) is 6.04 Å². The smallest absolute Gasteiger partial charge is 0.243 e. The molecule has 33 heavy (non-hydrogen) atoms. The third-order valence-corrected chi connectivity index (χ3v) is 6.12. The molecule has 0 aliphatic carbocycles. The lowest BCUT2D eigenvalue weighted by molar-refractivity contribution is -0.129. The molecule has 0 unspecified atom stereocenters. The molecule has 5 nitrogen and oxygen atoms in total. The van der Waals surface area contributed by atoms with Crippen molar-refractivity contribution in [2.24, 2.45) is 5.73 Å². The molecule has 0 bridgehead atoms. The summed E-state index contributed by atoms with van der Waals surface area (Å²) in [7, 11) is 0. The number of nitrogens with two attached hydrogens (primary N) is 1. The first-order valence-electron chi connectivity index (χ1n) is 11.2. The Morgan fingerprint density at radius 1 is 0.788 bits per heavy atom. The molecule has 0 heterocycles. The van der Waals surface area contributed by atoms with E-state index >= 15 is 0 Å². The van der Waals surface area contributed by atoms with Crippen molar-refractivity contribution in [3.8, 4) is 0 Å². The molecule has 3 rings (SSSR count). The van der Waals surface area contributed by atoms with Crippen molar-refractivity contribution in [1.29, 1.82) is 0 Å². The van der Waals surface area contributed by atoms with Crippen molar-refractivity contribution in [2.45, 2.75) is 37.8 Å². The number of carbonyl (C=O) groups excluding carboxylic acids is 2. The minimum atomic E-state index is -0.672. The lowest BCUT2D eigenvalue weighted by Crippen LogP contribution is -2.48. The lowest BCUT2D eigenvalue weighted by Gasteiger charge is -2.24. The molecule has 0 aromatic heterocycles. The van der Waals surface area contributed by atoms with Gasteiger partial charge in [-0.2, -0.15) is 0 Å². The molecule has 0 saturated heterocycles. The van der Waals surface area contributed by atoms with Crippen LogP contribution in [0.25, 0.3) is 0 Å². The van der Waals surface area contributed by atoms with Gasteiger partial charge in [0.15, 0.2) is 0 Å². The standard InChI is InChI=1S/C27H30BrN3O2/c1-19(20-14-16-23(28)17-15-20)30-26(32)24(13-8-18-29)31-27(33)25(21-9-4-2-5-10-21)22-11-6-3-7-12-22/h2-7,9-12,14-17,19,24-25H,8,13,18,29H2,1H3,(H,30,32)(H,31,33)/t19-,24-/m1/s1. The number of nitrogens with one attached hydrogen (secondary N) is 2. The first-order valence-corrected chi connectivity index (χ1v) is 11.9. The van der Waals surface area contributed by atoms with Crippen LogP contribution in [0.4, 0.5) is 0 Å². The van der Waals surface area contributed by atoms with Crippen LogP contribution in [0, 0.1) is 0 Å². The highest BCUT2D eigenvalue weighted by Crippen LogP contribution is 2.25. The summed E-state index contributed by atoms with van der Waals surface area (Å²) in [5, 5.41) is 6.04. The monoisotopic (exact) mass is 507 g/mol. The van der Waals surface area contributed by atoms with Gasteiger partial charge in [0.05, 0.1) is 12.0 Å². The molecule has 0 aliphatic heterocycles. The van der Waals surface area contributed by atoms with Crippen molar-refractivity contribution < 1.29 is 9.59 Å². The van der Waals surface area contributed by atoms with Crippen LogP contribution < -0.4 is 16.4 Å². The van der Waals surface area contributed by atoms with Gasteiger partial charge in [-0.25, -0.2) is 0 Å². The topological polar surface area (TPSA) is 84.2 Å². The highest BCUT2D eigenvalue weighted by Gasteiger charge is 2.28. The third kappa shape index (κ3) is 7.01. The van der Waals surface area contributed by atoms with Gasteiger partial charge in [-0.3, -0.25) is 9.59 Å². The number of benzene rings is 3. The Kier molecular flexibility index (Phi) is 9.22. The molecule has 0 aliphatic rings. The Morgan fingerprint density at radius 3 is 1.85 bits per heavy atom. The average Bonchev–Trinajstić information content (AvgIpc) is 2.83. The second kappa shape index (κ2) is 12.3. The Bertz CT molecular complexity index is 987. The predicted octanol–water partition coefficient (Wildman–Crippen LogP) is 4.68. The third-order valence-electron chi connectivity index (χ3n) is 5.59. The number of carbonyl (C=O) groups is 2. The first kappa shape index (κ1) is 24.7. The normalized spacial score (nSPS) is 12.7. The number of amides is 2. The second-order valence-corrected chi connectivity index (χ2v) is 8.94. The van der Waals surface area contributed by atoms with Crippen LogP contribution in [-0.2, 0) is 9.59 Å². The first-order chi connectivity index (χ1) is 16.0. The van der Waals surface area contributed by atoms with Crippen molar-refractivity contribution in [2.75, 3.05) is 6.54 Å². The van der Waals surface area contributed by atoms with E-state index in [0.29, 0.717) is 19.4 Å². The molecule has 3 aromatic carbocycles. The zero-order valence-corrected chi connectivity index (χ0v) is 20.3. The summed E-state index contributed by atoms with van der Waals surface area (Å²) in [5.74, 6) is -0.933. The molecular weight excluding hydrogens is 478 g/mol. The minimum absolute atomic E-state index is 0.193. The van der Waals surface area contributed by atoms with Gasteiger partial charge in [-0.1, -0.05) is 88.7 Å². The van der Waals surface area contributed by atoms with E-state index in [1.165, 1.54) is 0 Å². The number of halogens is 1. The zero-order valence-electron chi connectivity index (χ0n) is 18.7. The number of hydrogen-bond acceptors (Lipinski definition) is 3. The number of hydrogen-bond donors (Lipinski definition) is 3. The summed E-state index contributed by atoms with van der Waals surface area (Å²) in [5.41, 5.74) is 8.45. The molecule has 0 saturated carbocycles. The van der Waals surface area contributed by atoms with Gasteiger partial charge >= 0.3 is 0 Å². The highest BCUT2D eigenvalue weighted by molar-refractivity contribution is 9.10. The van der Waals surface area contributed by atoms with Gasteiger partial charge in [-0.05, 0) is 55.1 Å².